The molecule has 1 fully saturated rings. The zero-order chi connectivity index (χ0) is 18.6. The van der Waals surface area contributed by atoms with E-state index in [0.29, 0.717) is 13.1 Å². The number of carbonyl (C=O) groups is 1. The molecule has 146 valence electrons. The Labute approximate surface area is 164 Å². The Morgan fingerprint density at radius 3 is 2.15 bits per heavy atom. The lowest BCUT2D eigenvalue weighted by atomic mass is 10.3. The van der Waals surface area contributed by atoms with Gasteiger partial charge in [-0.1, -0.05) is 18.2 Å². The molecule has 1 saturated heterocycles. The highest BCUT2D eigenvalue weighted by molar-refractivity contribution is 7.89. The summed E-state index contributed by atoms with van der Waals surface area (Å²) in [6, 6.07) is 14.2. The third-order valence-electron chi connectivity index (χ3n) is 4.26. The molecule has 2 aromatic rings. The summed E-state index contributed by atoms with van der Waals surface area (Å²) < 4.78 is 39.5. The third-order valence-corrected chi connectivity index (χ3v) is 6.17. The minimum atomic E-state index is -3.67. The number of nitrogens with zero attached hydrogens (tertiary/aromatic N) is 2. The molecule has 2 aromatic carbocycles. The van der Waals surface area contributed by atoms with E-state index in [9.17, 15) is 17.6 Å². The molecule has 0 atom stereocenters. The molecule has 0 aliphatic carbocycles. The molecule has 9 heteroatoms. The Hall–Kier alpha value is -2.16. The quantitative estimate of drug-likeness (QED) is 0.815. The van der Waals surface area contributed by atoms with Gasteiger partial charge >= 0.3 is 0 Å². The second kappa shape index (κ2) is 9.16. The van der Waals surface area contributed by atoms with Gasteiger partial charge in [0.1, 0.15) is 5.82 Å². The van der Waals surface area contributed by atoms with Gasteiger partial charge in [0, 0.05) is 31.9 Å². The van der Waals surface area contributed by atoms with Crippen LogP contribution in [0.15, 0.2) is 59.5 Å². The molecule has 27 heavy (non-hydrogen) atoms. The second-order valence-corrected chi connectivity index (χ2v) is 7.90. The first-order valence-corrected chi connectivity index (χ1v) is 9.73. The van der Waals surface area contributed by atoms with Gasteiger partial charge in [0.05, 0.1) is 11.4 Å². The second-order valence-electron chi connectivity index (χ2n) is 5.96. The number of halogens is 2. The molecule has 1 N–H and O–H groups in total. The van der Waals surface area contributed by atoms with Crippen molar-refractivity contribution in [3.63, 3.8) is 0 Å². The maximum absolute atomic E-state index is 13.0. The van der Waals surface area contributed by atoms with Crippen LogP contribution in [0.5, 0.6) is 0 Å². The van der Waals surface area contributed by atoms with Crippen LogP contribution in [0.2, 0.25) is 0 Å². The number of para-hydroxylation sites is 1. The van der Waals surface area contributed by atoms with E-state index in [1.807, 2.05) is 30.3 Å². The molecule has 1 heterocycles. The van der Waals surface area contributed by atoms with Gasteiger partial charge in [-0.25, -0.2) is 12.8 Å². The van der Waals surface area contributed by atoms with Crippen LogP contribution in [-0.4, -0.2) is 56.3 Å². The summed E-state index contributed by atoms with van der Waals surface area (Å²) >= 11 is 0. The largest absolute Gasteiger partial charge is 0.376 e. The zero-order valence-electron chi connectivity index (χ0n) is 14.5. The molecule has 0 spiro atoms. The molecule has 3 rings (SSSR count). The van der Waals surface area contributed by atoms with E-state index < -0.39 is 15.8 Å². The van der Waals surface area contributed by atoms with Crippen LogP contribution in [-0.2, 0) is 14.8 Å². The number of nitrogens with one attached hydrogen (secondary N) is 1. The molecule has 0 unspecified atom stereocenters. The van der Waals surface area contributed by atoms with Gasteiger partial charge in [-0.3, -0.25) is 4.79 Å². The summed E-state index contributed by atoms with van der Waals surface area (Å²) in [7, 11) is -3.67. The topological polar surface area (TPSA) is 69.7 Å². The summed E-state index contributed by atoms with van der Waals surface area (Å²) in [4.78, 5) is 14.0. The average Bonchev–Trinajstić information content (AvgIpc) is 2.67. The molecule has 0 aromatic heterocycles. The van der Waals surface area contributed by atoms with Gasteiger partial charge in [-0.05, 0) is 36.4 Å². The summed E-state index contributed by atoms with van der Waals surface area (Å²) in [5.74, 6) is -0.557. The zero-order valence-corrected chi connectivity index (χ0v) is 16.2. The number of rotatable bonds is 5. The Morgan fingerprint density at radius 2 is 1.56 bits per heavy atom. The number of hydrogen-bond acceptors (Lipinski definition) is 4. The minimum Gasteiger partial charge on any atom is -0.376 e. The highest BCUT2D eigenvalue weighted by atomic mass is 35.5. The van der Waals surface area contributed by atoms with Crippen LogP contribution in [0.1, 0.15) is 0 Å². The van der Waals surface area contributed by atoms with E-state index >= 15 is 0 Å². The highest BCUT2D eigenvalue weighted by Crippen LogP contribution is 2.18. The van der Waals surface area contributed by atoms with Gasteiger partial charge in [-0.15, -0.1) is 12.4 Å². The maximum Gasteiger partial charge on any atom is 0.243 e. The van der Waals surface area contributed by atoms with Crippen LogP contribution in [0, 0.1) is 5.82 Å². The average molecular weight is 414 g/mol. The molecule has 1 amide bonds. The van der Waals surface area contributed by atoms with Gasteiger partial charge in [0.15, 0.2) is 0 Å². The van der Waals surface area contributed by atoms with Crippen LogP contribution in [0.3, 0.4) is 0 Å². The van der Waals surface area contributed by atoms with Crippen molar-refractivity contribution in [2.45, 2.75) is 4.90 Å². The number of amides is 1. The van der Waals surface area contributed by atoms with Gasteiger partial charge in [0.25, 0.3) is 0 Å². The Kier molecular flexibility index (Phi) is 7.18. The summed E-state index contributed by atoms with van der Waals surface area (Å²) in [6.07, 6.45) is 0. The molecule has 1 aliphatic heterocycles. The van der Waals surface area contributed by atoms with Crippen molar-refractivity contribution in [3.8, 4) is 0 Å². The fourth-order valence-electron chi connectivity index (χ4n) is 2.78. The Bertz CT molecular complexity index is 855. The van der Waals surface area contributed by atoms with E-state index in [2.05, 4.69) is 5.32 Å². The Morgan fingerprint density at radius 1 is 0.963 bits per heavy atom. The molecule has 1 aliphatic rings. The van der Waals surface area contributed by atoms with Gasteiger partial charge < -0.3 is 10.2 Å². The monoisotopic (exact) mass is 413 g/mol. The van der Waals surface area contributed by atoms with E-state index in [1.54, 1.807) is 4.90 Å². The van der Waals surface area contributed by atoms with E-state index in [4.69, 9.17) is 0 Å². The van der Waals surface area contributed by atoms with E-state index in [0.717, 1.165) is 17.8 Å². The van der Waals surface area contributed by atoms with Crippen molar-refractivity contribution in [3.05, 3.63) is 60.4 Å². The summed E-state index contributed by atoms with van der Waals surface area (Å²) in [6.45, 7) is 1.26. The first kappa shape index (κ1) is 21.1. The SMILES string of the molecule is Cl.O=C(CNc1ccccc1)N1CCN(S(=O)(=O)c2ccc(F)cc2)CC1. The number of hydrogen-bond donors (Lipinski definition) is 1. The fourth-order valence-corrected chi connectivity index (χ4v) is 4.20. The van der Waals surface area contributed by atoms with Crippen molar-refractivity contribution in [1.82, 2.24) is 9.21 Å². The smallest absolute Gasteiger partial charge is 0.243 e. The number of carbonyl (C=O) groups excluding carboxylic acids is 1. The van der Waals surface area contributed by atoms with Crippen molar-refractivity contribution >= 4 is 34.0 Å². The van der Waals surface area contributed by atoms with Crippen LogP contribution >= 0.6 is 12.4 Å². The minimum absolute atomic E-state index is 0. The Balaban J connectivity index is 0.00000261. The highest BCUT2D eigenvalue weighted by Gasteiger charge is 2.29. The molecular formula is C18H21ClFN3O3S. The first-order chi connectivity index (χ1) is 12.5. The predicted octanol–water partition coefficient (Wildman–Crippen LogP) is 2.19. The third kappa shape index (κ3) is 5.18. The lowest BCUT2D eigenvalue weighted by Crippen LogP contribution is -2.51. The van der Waals surface area contributed by atoms with Crippen molar-refractivity contribution < 1.29 is 17.6 Å². The normalized spacial score (nSPS) is 15.1. The lowest BCUT2D eigenvalue weighted by molar-refractivity contribution is -0.130. The van der Waals surface area contributed by atoms with Crippen molar-refractivity contribution in [2.75, 3.05) is 38.0 Å². The molecular weight excluding hydrogens is 393 g/mol. The first-order valence-electron chi connectivity index (χ1n) is 8.29. The van der Waals surface area contributed by atoms with E-state index in [1.165, 1.54) is 16.4 Å². The van der Waals surface area contributed by atoms with Crippen LogP contribution in [0.4, 0.5) is 10.1 Å². The standard InChI is InChI=1S/C18H20FN3O3S.ClH/c19-15-6-8-17(9-7-15)26(24,25)22-12-10-21(11-13-22)18(23)14-20-16-4-2-1-3-5-16;/h1-9,20H,10-14H2;1H. The van der Waals surface area contributed by atoms with E-state index in [-0.39, 0.29) is 42.8 Å². The number of benzene rings is 2. The summed E-state index contributed by atoms with van der Waals surface area (Å²) in [5, 5.41) is 3.06. The van der Waals surface area contributed by atoms with Crippen molar-refractivity contribution in [2.24, 2.45) is 0 Å². The van der Waals surface area contributed by atoms with Crippen LogP contribution < -0.4 is 5.32 Å². The number of anilines is 1. The molecule has 0 radical (unpaired) electrons. The molecule has 0 bridgehead atoms. The fraction of sp³-hybridized carbons (Fsp3) is 0.278. The van der Waals surface area contributed by atoms with Gasteiger partial charge in [-0.2, -0.15) is 4.31 Å². The maximum atomic E-state index is 13.0. The van der Waals surface area contributed by atoms with Crippen LogP contribution in [0.25, 0.3) is 0 Å². The lowest BCUT2D eigenvalue weighted by Gasteiger charge is -2.34. The molecule has 0 saturated carbocycles. The number of piperazine rings is 1. The molecule has 6 nitrogen and oxygen atoms in total. The van der Waals surface area contributed by atoms with Crippen molar-refractivity contribution in [1.29, 1.82) is 0 Å². The van der Waals surface area contributed by atoms with Gasteiger partial charge in [0.2, 0.25) is 15.9 Å². The summed E-state index contributed by atoms with van der Waals surface area (Å²) in [5.41, 5.74) is 0.860. The predicted molar refractivity (Wildman–Crippen MR) is 104 cm³/mol. The number of sulfonamides is 1.